The van der Waals surface area contributed by atoms with Crippen LogP contribution in [-0.4, -0.2) is 6.03 Å². The molecule has 5 nitrogen and oxygen atoms in total. The molecule has 2 amide bonds. The van der Waals surface area contributed by atoms with Gasteiger partial charge in [-0.3, -0.25) is 0 Å². The smallest absolute Gasteiger partial charge is 0.336 e. The lowest BCUT2D eigenvalue weighted by Crippen LogP contribution is -2.19. The number of primary amides is 1. The summed E-state index contributed by atoms with van der Waals surface area (Å²) >= 11 is 0. The van der Waals surface area contributed by atoms with Gasteiger partial charge in [-0.25, -0.2) is 9.59 Å². The second-order valence-electron chi connectivity index (χ2n) is 3.00. The van der Waals surface area contributed by atoms with Crippen LogP contribution in [0.25, 0.3) is 11.0 Å². The third kappa shape index (κ3) is 1.96. The highest BCUT2D eigenvalue weighted by Gasteiger charge is 2.00. The molecule has 0 bridgehead atoms. The minimum absolute atomic E-state index is 0.405. The molecule has 1 aromatic carbocycles. The molecule has 2 aromatic rings. The van der Waals surface area contributed by atoms with Gasteiger partial charge in [0.15, 0.2) is 0 Å². The molecule has 0 aliphatic carbocycles. The van der Waals surface area contributed by atoms with Gasteiger partial charge in [0, 0.05) is 17.1 Å². The van der Waals surface area contributed by atoms with Crippen molar-refractivity contribution in [2.45, 2.75) is 0 Å². The van der Waals surface area contributed by atoms with Crippen LogP contribution in [0.1, 0.15) is 0 Å². The monoisotopic (exact) mass is 204 g/mol. The Bertz CT molecular complexity index is 574. The van der Waals surface area contributed by atoms with Crippen LogP contribution in [0.4, 0.5) is 10.5 Å². The number of carbonyl (C=O) groups is 1. The van der Waals surface area contributed by atoms with Crippen LogP contribution < -0.4 is 16.7 Å². The summed E-state index contributed by atoms with van der Waals surface area (Å²) in [5, 5.41) is 3.15. The average molecular weight is 204 g/mol. The molecule has 0 aliphatic rings. The fraction of sp³-hybridized carbons (Fsp3) is 0. The maximum atomic E-state index is 10.9. The van der Waals surface area contributed by atoms with Crippen molar-refractivity contribution in [3.63, 3.8) is 0 Å². The predicted molar refractivity (Wildman–Crippen MR) is 55.7 cm³/mol. The lowest BCUT2D eigenvalue weighted by molar-refractivity contribution is 0.259. The van der Waals surface area contributed by atoms with E-state index < -0.39 is 11.7 Å². The SMILES string of the molecule is NC(=O)Nc1ccc2oc(=O)ccc2c1. The number of urea groups is 1. The largest absolute Gasteiger partial charge is 0.423 e. The van der Waals surface area contributed by atoms with Gasteiger partial charge in [0.25, 0.3) is 0 Å². The molecular formula is C10H8N2O3. The van der Waals surface area contributed by atoms with E-state index in [0.29, 0.717) is 11.3 Å². The fourth-order valence-corrected chi connectivity index (χ4v) is 1.29. The van der Waals surface area contributed by atoms with Gasteiger partial charge in [-0.1, -0.05) is 0 Å². The zero-order valence-corrected chi connectivity index (χ0v) is 7.69. The number of rotatable bonds is 1. The first-order chi connectivity index (χ1) is 7.15. The van der Waals surface area contributed by atoms with Crippen molar-refractivity contribution in [2.75, 3.05) is 5.32 Å². The molecule has 1 aromatic heterocycles. The Morgan fingerprint density at radius 3 is 2.80 bits per heavy atom. The molecule has 0 saturated heterocycles. The number of hydrogen-bond acceptors (Lipinski definition) is 3. The summed E-state index contributed by atoms with van der Waals surface area (Å²) in [4.78, 5) is 21.5. The lowest BCUT2D eigenvalue weighted by Gasteiger charge is -2.02. The van der Waals surface area contributed by atoms with Crippen LogP contribution in [0, 0.1) is 0 Å². The summed E-state index contributed by atoms with van der Waals surface area (Å²) < 4.78 is 4.92. The van der Waals surface area contributed by atoms with E-state index in [0.717, 1.165) is 5.39 Å². The Balaban J connectivity index is 2.52. The topological polar surface area (TPSA) is 85.3 Å². The van der Waals surface area contributed by atoms with Gasteiger partial charge in [-0.15, -0.1) is 0 Å². The molecule has 76 valence electrons. The van der Waals surface area contributed by atoms with Gasteiger partial charge >= 0.3 is 11.7 Å². The molecule has 0 radical (unpaired) electrons. The molecule has 0 unspecified atom stereocenters. The van der Waals surface area contributed by atoms with Crippen LogP contribution in [0.3, 0.4) is 0 Å². The van der Waals surface area contributed by atoms with Crippen molar-refractivity contribution in [1.82, 2.24) is 0 Å². The van der Waals surface area contributed by atoms with Gasteiger partial charge in [0.05, 0.1) is 0 Å². The number of nitrogens with two attached hydrogens (primary N) is 1. The maximum Gasteiger partial charge on any atom is 0.336 e. The highest BCUT2D eigenvalue weighted by Crippen LogP contribution is 2.17. The minimum Gasteiger partial charge on any atom is -0.423 e. The Hall–Kier alpha value is -2.30. The van der Waals surface area contributed by atoms with E-state index in [9.17, 15) is 9.59 Å². The molecule has 0 atom stereocenters. The molecule has 3 N–H and O–H groups in total. The van der Waals surface area contributed by atoms with Crippen LogP contribution in [0.15, 0.2) is 39.5 Å². The van der Waals surface area contributed by atoms with E-state index in [-0.39, 0.29) is 0 Å². The zero-order valence-electron chi connectivity index (χ0n) is 7.69. The second kappa shape index (κ2) is 3.45. The first kappa shape index (κ1) is 9.26. The standard InChI is InChI=1S/C10H8N2O3/c11-10(14)12-7-2-3-8-6(5-7)1-4-9(13)15-8/h1-5H,(H3,11,12,14). The van der Waals surface area contributed by atoms with Gasteiger partial charge < -0.3 is 15.5 Å². The fourth-order valence-electron chi connectivity index (χ4n) is 1.29. The number of amides is 2. The van der Waals surface area contributed by atoms with E-state index in [1.807, 2.05) is 0 Å². The van der Waals surface area contributed by atoms with Crippen molar-refractivity contribution in [3.05, 3.63) is 40.8 Å². The number of nitrogens with one attached hydrogen (secondary N) is 1. The summed E-state index contributed by atoms with van der Waals surface area (Å²) in [5.74, 6) is 0. The van der Waals surface area contributed by atoms with E-state index in [1.165, 1.54) is 6.07 Å². The van der Waals surface area contributed by atoms with Crippen molar-refractivity contribution < 1.29 is 9.21 Å². The molecule has 15 heavy (non-hydrogen) atoms. The Labute approximate surface area is 84.5 Å². The maximum absolute atomic E-state index is 10.9. The Kier molecular flexibility index (Phi) is 2.13. The zero-order chi connectivity index (χ0) is 10.8. The molecule has 1 heterocycles. The lowest BCUT2D eigenvalue weighted by atomic mass is 10.2. The van der Waals surface area contributed by atoms with Crippen LogP contribution in [-0.2, 0) is 0 Å². The second-order valence-corrected chi connectivity index (χ2v) is 3.00. The van der Waals surface area contributed by atoms with Gasteiger partial charge in [0.1, 0.15) is 5.58 Å². The van der Waals surface area contributed by atoms with Crippen molar-refractivity contribution in [1.29, 1.82) is 0 Å². The Morgan fingerprint density at radius 2 is 2.07 bits per heavy atom. The number of anilines is 1. The third-order valence-corrected chi connectivity index (χ3v) is 1.89. The van der Waals surface area contributed by atoms with Crippen molar-refractivity contribution >= 4 is 22.7 Å². The normalized spacial score (nSPS) is 10.1. The van der Waals surface area contributed by atoms with Gasteiger partial charge in [0.2, 0.25) is 0 Å². The molecule has 0 spiro atoms. The average Bonchev–Trinajstić information content (AvgIpc) is 2.17. The molecule has 2 rings (SSSR count). The summed E-state index contributed by atoms with van der Waals surface area (Å²) in [6.45, 7) is 0. The van der Waals surface area contributed by atoms with E-state index >= 15 is 0 Å². The number of hydrogen-bond donors (Lipinski definition) is 2. The molecule has 0 aliphatic heterocycles. The number of carbonyl (C=O) groups excluding carboxylic acids is 1. The molecule has 0 fully saturated rings. The van der Waals surface area contributed by atoms with Gasteiger partial charge in [-0.2, -0.15) is 0 Å². The minimum atomic E-state index is -0.633. The summed E-state index contributed by atoms with van der Waals surface area (Å²) in [6, 6.07) is 7.18. The summed E-state index contributed by atoms with van der Waals surface area (Å²) in [7, 11) is 0. The van der Waals surface area contributed by atoms with Crippen molar-refractivity contribution in [2.24, 2.45) is 5.73 Å². The van der Waals surface area contributed by atoms with Crippen molar-refractivity contribution in [3.8, 4) is 0 Å². The van der Waals surface area contributed by atoms with Crippen LogP contribution >= 0.6 is 0 Å². The number of benzene rings is 1. The highest BCUT2D eigenvalue weighted by molar-refractivity contribution is 5.91. The van der Waals surface area contributed by atoms with Gasteiger partial charge in [-0.05, 0) is 24.3 Å². The molecule has 0 saturated carbocycles. The van der Waals surface area contributed by atoms with E-state index in [2.05, 4.69) is 5.32 Å². The number of fused-ring (bicyclic) bond motifs is 1. The van der Waals surface area contributed by atoms with Crippen LogP contribution in [0.5, 0.6) is 0 Å². The van der Waals surface area contributed by atoms with Crippen LogP contribution in [0.2, 0.25) is 0 Å². The first-order valence-electron chi connectivity index (χ1n) is 4.25. The summed E-state index contributed by atoms with van der Waals surface area (Å²) in [5.41, 5.74) is 5.59. The molecular weight excluding hydrogens is 196 g/mol. The van der Waals surface area contributed by atoms with E-state index in [4.69, 9.17) is 10.2 Å². The highest BCUT2D eigenvalue weighted by atomic mass is 16.4. The summed E-state index contributed by atoms with van der Waals surface area (Å²) in [6.07, 6.45) is 0. The quantitative estimate of drug-likeness (QED) is 0.686. The predicted octanol–water partition coefficient (Wildman–Crippen LogP) is 1.28. The third-order valence-electron chi connectivity index (χ3n) is 1.89. The van der Waals surface area contributed by atoms with E-state index in [1.54, 1.807) is 24.3 Å². The molecule has 5 heteroatoms. The first-order valence-corrected chi connectivity index (χ1v) is 4.25. The Morgan fingerprint density at radius 1 is 1.27 bits per heavy atom.